The van der Waals surface area contributed by atoms with E-state index < -0.39 is 99.6 Å². The van der Waals surface area contributed by atoms with Crippen LogP contribution in [0.25, 0.3) is 0 Å². The number of ether oxygens (including phenoxy) is 1. The van der Waals surface area contributed by atoms with Gasteiger partial charge < -0.3 is 82.4 Å². The number of nitrogen functional groups attached to an aromatic ring is 1. The van der Waals surface area contributed by atoms with Crippen molar-refractivity contribution in [2.75, 3.05) is 31.2 Å². The Hall–Kier alpha value is -4.50. The van der Waals surface area contributed by atoms with Gasteiger partial charge in [0.25, 0.3) is 11.7 Å². The van der Waals surface area contributed by atoms with Crippen LogP contribution in [0.3, 0.4) is 0 Å². The first kappa shape index (κ1) is 32.0. The zero-order valence-corrected chi connectivity index (χ0v) is 22.5. The number of nitrogens with zero attached hydrogens (tertiary/aromatic N) is 1. The Morgan fingerprint density at radius 3 is 1.98 bits per heavy atom. The Kier molecular flexibility index (Phi) is 8.70. The van der Waals surface area contributed by atoms with Gasteiger partial charge in [-0.15, -0.1) is 11.3 Å². The van der Waals surface area contributed by atoms with Crippen molar-refractivity contribution in [3.63, 3.8) is 0 Å². The van der Waals surface area contributed by atoms with Crippen LogP contribution in [0.15, 0.2) is 5.38 Å². The van der Waals surface area contributed by atoms with Crippen molar-refractivity contribution in [2.24, 2.45) is 0 Å². The number of nitrogens with two attached hydrogens (primary N) is 1. The summed E-state index contributed by atoms with van der Waals surface area (Å²) in [5.41, 5.74) is 2.10. The topological polar surface area (TPSA) is 332 Å². The summed E-state index contributed by atoms with van der Waals surface area (Å²) < 4.78 is 5.21. The highest BCUT2D eigenvalue weighted by atomic mass is 32.1. The van der Waals surface area contributed by atoms with Gasteiger partial charge in [0.2, 0.25) is 17.3 Å². The van der Waals surface area contributed by atoms with Crippen LogP contribution < -0.4 is 16.4 Å². The lowest BCUT2D eigenvalue weighted by atomic mass is 9.98. The molecule has 0 spiro atoms. The molecule has 1 unspecified atom stereocenters. The number of methoxy groups -OCH3 is 1. The predicted octanol–water partition coefficient (Wildman–Crippen LogP) is -1.43. The summed E-state index contributed by atoms with van der Waals surface area (Å²) in [5.74, 6) is -17.7. The number of amides is 1. The quantitative estimate of drug-likeness (QED) is 0.0704. The summed E-state index contributed by atoms with van der Waals surface area (Å²) in [7, 11) is 1.16. The number of rotatable bonds is 10. The number of phenolic OH excluding ortho intramolecular Hbond substituents is 8. The maximum atomic E-state index is 12.5. The van der Waals surface area contributed by atoms with Gasteiger partial charge in [0.05, 0.1) is 12.6 Å². The number of anilines is 2. The van der Waals surface area contributed by atoms with Gasteiger partial charge in [-0.2, -0.15) is 0 Å². The molecule has 0 fully saturated rings. The molecule has 0 aliphatic carbocycles. The van der Waals surface area contributed by atoms with Crippen molar-refractivity contribution in [1.82, 2.24) is 10.3 Å². The molecule has 19 heteroatoms. The van der Waals surface area contributed by atoms with Gasteiger partial charge in [-0.3, -0.25) is 4.79 Å². The van der Waals surface area contributed by atoms with Crippen molar-refractivity contribution in [3.05, 3.63) is 27.8 Å². The molecular formula is C23H28N4O14S. The Morgan fingerprint density at radius 2 is 1.48 bits per heavy atom. The number of hydrogen-bond donors (Lipinski definition) is 15. The minimum absolute atomic E-state index is 0.0912. The number of phenols is 8. The molecular weight excluding hydrogens is 588 g/mol. The second-order valence-electron chi connectivity index (χ2n) is 8.95. The molecule has 1 heterocycles. The van der Waals surface area contributed by atoms with Crippen LogP contribution in [0.2, 0.25) is 0 Å². The molecule has 0 radical (unpaired) electrons. The molecule has 3 rings (SSSR count). The monoisotopic (exact) mass is 616 g/mol. The Bertz CT molecular complexity index is 1470. The largest absolute Gasteiger partial charge is 0.504 e. The minimum Gasteiger partial charge on any atom is -0.504 e. The lowest BCUT2D eigenvalue weighted by Gasteiger charge is -2.28. The van der Waals surface area contributed by atoms with E-state index in [0.29, 0.717) is 0 Å². The normalized spacial score (nSPS) is 12.8. The van der Waals surface area contributed by atoms with Crippen molar-refractivity contribution in [3.8, 4) is 46.0 Å². The van der Waals surface area contributed by atoms with Gasteiger partial charge in [0.1, 0.15) is 16.9 Å². The van der Waals surface area contributed by atoms with Gasteiger partial charge in [-0.1, -0.05) is 0 Å². The zero-order valence-electron chi connectivity index (χ0n) is 21.7. The molecule has 230 valence electrons. The van der Waals surface area contributed by atoms with E-state index in [9.17, 15) is 66.1 Å². The van der Waals surface area contributed by atoms with Gasteiger partial charge in [0.15, 0.2) is 39.6 Å². The van der Waals surface area contributed by atoms with Crippen LogP contribution in [-0.4, -0.2) is 92.4 Å². The number of aromatic nitrogens is 1. The fourth-order valence-electron chi connectivity index (χ4n) is 3.96. The van der Waals surface area contributed by atoms with Crippen molar-refractivity contribution in [2.45, 2.75) is 24.6 Å². The highest BCUT2D eigenvalue weighted by Crippen LogP contribution is 2.53. The Morgan fingerprint density at radius 1 is 0.929 bits per heavy atom. The van der Waals surface area contributed by atoms with Crippen molar-refractivity contribution >= 4 is 28.1 Å². The predicted molar refractivity (Wildman–Crippen MR) is 141 cm³/mol. The van der Waals surface area contributed by atoms with Gasteiger partial charge in [-0.25, -0.2) is 4.98 Å². The maximum Gasteiger partial charge on any atom is 0.291 e. The summed E-state index contributed by atoms with van der Waals surface area (Å²) in [6.45, 7) is -0.0960. The SMILES string of the molecule is COC(CNCC(O)(O)c1c(O)c(O)c(NC(=O)C(O)(O)c2csc(N)n2)c(O)c1O)c1c(C)c(O)c(O)c(O)c1O. The second-order valence-corrected chi connectivity index (χ2v) is 9.84. The first-order valence-corrected chi connectivity index (χ1v) is 12.4. The summed E-state index contributed by atoms with van der Waals surface area (Å²) >= 11 is 0.756. The van der Waals surface area contributed by atoms with Crippen molar-refractivity contribution in [1.29, 1.82) is 0 Å². The van der Waals surface area contributed by atoms with E-state index in [4.69, 9.17) is 10.5 Å². The van der Waals surface area contributed by atoms with Crippen LogP contribution in [-0.2, 0) is 21.1 Å². The smallest absolute Gasteiger partial charge is 0.291 e. The number of nitrogens with one attached hydrogen (secondary N) is 2. The first-order chi connectivity index (χ1) is 19.4. The highest BCUT2D eigenvalue weighted by molar-refractivity contribution is 7.13. The van der Waals surface area contributed by atoms with E-state index in [-0.39, 0.29) is 16.3 Å². The zero-order chi connectivity index (χ0) is 31.9. The summed E-state index contributed by atoms with van der Waals surface area (Å²) in [5, 5.41) is 128. The Labute approximate surface area is 239 Å². The van der Waals surface area contributed by atoms with Crippen LogP contribution >= 0.6 is 11.3 Å². The third-order valence-electron chi connectivity index (χ3n) is 6.23. The van der Waals surface area contributed by atoms with E-state index in [2.05, 4.69) is 10.3 Å². The number of benzene rings is 2. The Balaban J connectivity index is 1.86. The molecule has 1 amide bonds. The fraction of sp³-hybridized carbons (Fsp3) is 0.304. The molecule has 2 aromatic carbocycles. The van der Waals surface area contributed by atoms with Gasteiger partial charge in [0, 0.05) is 30.2 Å². The lowest BCUT2D eigenvalue weighted by molar-refractivity contribution is -0.185. The molecule has 0 aliphatic rings. The van der Waals surface area contributed by atoms with Crippen LogP contribution in [0.4, 0.5) is 10.8 Å². The van der Waals surface area contributed by atoms with E-state index in [1.807, 2.05) is 0 Å². The van der Waals surface area contributed by atoms with E-state index >= 15 is 0 Å². The number of aliphatic hydroxyl groups is 4. The number of carbonyl (C=O) groups excluding carboxylic acids is 1. The molecule has 0 saturated heterocycles. The third-order valence-corrected chi connectivity index (χ3v) is 6.90. The molecule has 0 aliphatic heterocycles. The number of hydrogen-bond acceptors (Lipinski definition) is 18. The number of thiazole rings is 1. The van der Waals surface area contributed by atoms with Crippen LogP contribution in [0.1, 0.15) is 28.5 Å². The summed E-state index contributed by atoms with van der Waals surface area (Å²) in [6.07, 6.45) is -1.20. The molecule has 42 heavy (non-hydrogen) atoms. The molecule has 1 aromatic heterocycles. The maximum absolute atomic E-state index is 12.5. The fourth-order valence-corrected chi connectivity index (χ4v) is 4.56. The molecule has 0 saturated carbocycles. The van der Waals surface area contributed by atoms with Gasteiger partial charge in [-0.05, 0) is 6.92 Å². The molecule has 1 atom stereocenters. The summed E-state index contributed by atoms with van der Waals surface area (Å²) in [6, 6.07) is 0. The lowest BCUT2D eigenvalue weighted by Crippen LogP contribution is -2.41. The number of carbonyl (C=O) groups is 1. The highest BCUT2D eigenvalue weighted by Gasteiger charge is 2.42. The van der Waals surface area contributed by atoms with E-state index in [1.165, 1.54) is 6.92 Å². The van der Waals surface area contributed by atoms with E-state index in [0.717, 1.165) is 23.8 Å². The standard InChI is InChI=1S/C23H28N4O14S/c1-6-9(13(29)19(35)18(34)12(6)28)7(41-2)3-25-5-22(37,38)10-14(30)16(32)11(17(33)15(10)31)27-20(36)23(39,40)8-4-42-21(24)26-8/h4,7,25,28-35,37-40H,3,5H2,1-2H3,(H2,24,26)(H,27,36). The molecule has 3 aromatic rings. The van der Waals surface area contributed by atoms with Crippen molar-refractivity contribution < 1.29 is 70.8 Å². The summed E-state index contributed by atoms with van der Waals surface area (Å²) in [4.78, 5) is 16.0. The third kappa shape index (κ3) is 5.52. The number of aromatic hydroxyl groups is 8. The van der Waals surface area contributed by atoms with Crippen LogP contribution in [0, 0.1) is 6.92 Å². The molecule has 18 nitrogen and oxygen atoms in total. The molecule has 0 bridgehead atoms. The first-order valence-electron chi connectivity index (χ1n) is 11.5. The average Bonchev–Trinajstić information content (AvgIpc) is 3.38. The second kappa shape index (κ2) is 11.4. The minimum atomic E-state index is -3.35. The van der Waals surface area contributed by atoms with E-state index in [1.54, 1.807) is 5.32 Å². The van der Waals surface area contributed by atoms with Gasteiger partial charge >= 0.3 is 0 Å². The molecule has 16 N–H and O–H groups in total. The average molecular weight is 617 g/mol. The van der Waals surface area contributed by atoms with Crippen LogP contribution in [0.5, 0.6) is 46.0 Å².